The summed E-state index contributed by atoms with van der Waals surface area (Å²) in [6.45, 7) is 4.95. The summed E-state index contributed by atoms with van der Waals surface area (Å²) >= 11 is 0. The summed E-state index contributed by atoms with van der Waals surface area (Å²) < 4.78 is 0. The van der Waals surface area contributed by atoms with Crippen molar-refractivity contribution in [2.24, 2.45) is 0 Å². The molecule has 23 heavy (non-hydrogen) atoms. The summed E-state index contributed by atoms with van der Waals surface area (Å²) in [7, 11) is 0. The molecule has 0 unspecified atom stereocenters. The summed E-state index contributed by atoms with van der Waals surface area (Å²) in [6.07, 6.45) is 0.816. The maximum Gasteiger partial charge on any atom is 0.317 e. The first-order chi connectivity index (χ1) is 11.0. The van der Waals surface area contributed by atoms with Crippen molar-refractivity contribution < 1.29 is 24.6 Å². The first-order valence-corrected chi connectivity index (χ1v) is 7.76. The highest BCUT2D eigenvalue weighted by Gasteiger charge is 2.15. The highest BCUT2D eigenvalue weighted by Crippen LogP contribution is 1.96. The van der Waals surface area contributed by atoms with Gasteiger partial charge in [0.25, 0.3) is 0 Å². The number of carbonyl (C=O) groups excluding carboxylic acids is 1. The first kappa shape index (κ1) is 19.5. The van der Waals surface area contributed by atoms with E-state index in [4.69, 9.17) is 10.2 Å². The molecule has 3 N–H and O–H groups in total. The number of hydrogen-bond acceptors (Lipinski definition) is 7. The molecule has 1 heterocycles. The van der Waals surface area contributed by atoms with Crippen molar-refractivity contribution in [1.29, 1.82) is 0 Å². The Labute approximate surface area is 135 Å². The molecule has 0 amide bonds. The molecule has 0 aromatic carbocycles. The van der Waals surface area contributed by atoms with Crippen LogP contribution >= 0.6 is 0 Å². The van der Waals surface area contributed by atoms with Gasteiger partial charge in [-0.1, -0.05) is 0 Å². The summed E-state index contributed by atoms with van der Waals surface area (Å²) in [6, 6.07) is 0. The fraction of sp³-hybridized carbons (Fsp3) is 0.786. The third-order valence-electron chi connectivity index (χ3n) is 3.72. The van der Waals surface area contributed by atoms with Gasteiger partial charge in [-0.2, -0.15) is 0 Å². The van der Waals surface area contributed by atoms with Gasteiger partial charge >= 0.3 is 11.9 Å². The van der Waals surface area contributed by atoms with Gasteiger partial charge in [0.2, 0.25) is 0 Å². The molecule has 1 aliphatic heterocycles. The van der Waals surface area contributed by atoms with Crippen LogP contribution in [0.4, 0.5) is 0 Å². The van der Waals surface area contributed by atoms with Crippen LogP contribution in [0, 0.1) is 0 Å². The van der Waals surface area contributed by atoms with Crippen LogP contribution in [0.5, 0.6) is 0 Å². The van der Waals surface area contributed by atoms with Crippen LogP contribution in [0.15, 0.2) is 0 Å². The van der Waals surface area contributed by atoms with Crippen molar-refractivity contribution in [3.63, 3.8) is 0 Å². The monoisotopic (exact) mass is 330 g/mol. The minimum Gasteiger partial charge on any atom is -0.480 e. The summed E-state index contributed by atoms with van der Waals surface area (Å²) in [5.41, 5.74) is 0. The quantitative estimate of drug-likeness (QED) is 0.470. The second kappa shape index (κ2) is 11.1. The number of carboxylic acid groups (broad SMARTS) is 2. The maximum absolute atomic E-state index is 10.9. The van der Waals surface area contributed by atoms with Gasteiger partial charge in [-0.05, 0) is 0 Å². The molecule has 0 spiro atoms. The Morgan fingerprint density at radius 3 is 1.65 bits per heavy atom. The molecule has 9 nitrogen and oxygen atoms in total. The minimum atomic E-state index is -0.869. The van der Waals surface area contributed by atoms with Gasteiger partial charge in [0.05, 0.1) is 19.6 Å². The molecular formula is C14H26N4O5. The molecule has 0 aromatic heterocycles. The van der Waals surface area contributed by atoms with Crippen LogP contribution < -0.4 is 5.32 Å². The number of carbonyl (C=O) groups is 3. The zero-order chi connectivity index (χ0) is 17.1. The van der Waals surface area contributed by atoms with Crippen molar-refractivity contribution in [3.05, 3.63) is 0 Å². The second-order valence-electron chi connectivity index (χ2n) is 5.56. The average molecular weight is 330 g/mol. The Hall–Kier alpha value is -1.55. The number of aldehydes is 1. The summed E-state index contributed by atoms with van der Waals surface area (Å²) in [5.74, 6) is -1.74. The van der Waals surface area contributed by atoms with E-state index in [-0.39, 0.29) is 19.6 Å². The average Bonchev–Trinajstić information content (AvgIpc) is 2.46. The number of rotatable bonds is 6. The minimum absolute atomic E-state index is 0.0260. The Kier molecular flexibility index (Phi) is 9.37. The Balaban J connectivity index is 2.62. The number of nitrogens with zero attached hydrogens (tertiary/aromatic N) is 3. The molecular weight excluding hydrogens is 304 g/mol. The highest BCUT2D eigenvalue weighted by molar-refractivity contribution is 5.69. The van der Waals surface area contributed by atoms with E-state index >= 15 is 0 Å². The van der Waals surface area contributed by atoms with Gasteiger partial charge in [-0.3, -0.25) is 24.3 Å². The fourth-order valence-electron chi connectivity index (χ4n) is 2.49. The van der Waals surface area contributed by atoms with Gasteiger partial charge in [0.1, 0.15) is 6.29 Å². The van der Waals surface area contributed by atoms with E-state index in [1.807, 2.05) is 14.7 Å². The van der Waals surface area contributed by atoms with Crippen LogP contribution in [-0.4, -0.2) is 115 Å². The van der Waals surface area contributed by atoms with Crippen molar-refractivity contribution in [2.75, 3.05) is 72.0 Å². The van der Waals surface area contributed by atoms with E-state index in [2.05, 4.69) is 5.32 Å². The predicted octanol–water partition coefficient (Wildman–Crippen LogP) is -2.14. The number of aliphatic carboxylic acids is 2. The molecule has 1 aliphatic rings. The van der Waals surface area contributed by atoms with Crippen molar-refractivity contribution in [2.45, 2.75) is 0 Å². The lowest BCUT2D eigenvalue weighted by Crippen LogP contribution is -2.47. The molecule has 0 radical (unpaired) electrons. The number of hydrogen-bond donors (Lipinski definition) is 3. The maximum atomic E-state index is 10.9. The number of nitrogens with one attached hydrogen (secondary N) is 1. The molecule has 0 bridgehead atoms. The lowest BCUT2D eigenvalue weighted by molar-refractivity contribution is -0.139. The standard InChI is InChI=1S/C14H26N4O5/c19-10-9-16-5-7-17(11-13(20)21)3-1-15-2-4-18(8-6-16)12-14(22)23/h10,15H,1-9,11-12H2,(H,20,21)(H,22,23). The van der Waals surface area contributed by atoms with E-state index in [1.165, 1.54) is 0 Å². The lowest BCUT2D eigenvalue weighted by atomic mass is 10.3. The van der Waals surface area contributed by atoms with Gasteiger partial charge in [-0.25, -0.2) is 0 Å². The third kappa shape index (κ3) is 9.24. The van der Waals surface area contributed by atoms with E-state index in [1.54, 1.807) is 0 Å². The summed E-state index contributed by atoms with van der Waals surface area (Å²) in [4.78, 5) is 38.2. The van der Waals surface area contributed by atoms with Crippen LogP contribution in [0.25, 0.3) is 0 Å². The van der Waals surface area contributed by atoms with Crippen LogP contribution in [-0.2, 0) is 14.4 Å². The van der Waals surface area contributed by atoms with Crippen molar-refractivity contribution in [3.8, 4) is 0 Å². The van der Waals surface area contributed by atoms with E-state index in [9.17, 15) is 14.4 Å². The molecule has 0 aromatic rings. The second-order valence-corrected chi connectivity index (χ2v) is 5.56. The Morgan fingerprint density at radius 1 is 0.826 bits per heavy atom. The van der Waals surface area contributed by atoms with Gasteiger partial charge < -0.3 is 20.3 Å². The Morgan fingerprint density at radius 2 is 1.26 bits per heavy atom. The van der Waals surface area contributed by atoms with Crippen molar-refractivity contribution >= 4 is 18.2 Å². The largest absolute Gasteiger partial charge is 0.480 e. The highest BCUT2D eigenvalue weighted by atomic mass is 16.4. The molecule has 1 saturated heterocycles. The van der Waals surface area contributed by atoms with Gasteiger partial charge in [0, 0.05) is 52.4 Å². The Bertz CT molecular complexity index is 363. The molecule has 0 saturated carbocycles. The van der Waals surface area contributed by atoms with E-state index in [0.717, 1.165) is 6.29 Å². The summed E-state index contributed by atoms with van der Waals surface area (Å²) in [5, 5.41) is 21.1. The smallest absolute Gasteiger partial charge is 0.317 e. The zero-order valence-electron chi connectivity index (χ0n) is 13.3. The molecule has 1 fully saturated rings. The molecule has 0 aliphatic carbocycles. The SMILES string of the molecule is O=CCN1CCN(CC(=O)O)CCNCCN(CC(=O)O)CC1. The molecule has 1 rings (SSSR count). The lowest BCUT2D eigenvalue weighted by Gasteiger charge is -2.29. The topological polar surface area (TPSA) is 113 Å². The van der Waals surface area contributed by atoms with E-state index in [0.29, 0.717) is 52.4 Å². The first-order valence-electron chi connectivity index (χ1n) is 7.76. The zero-order valence-corrected chi connectivity index (χ0v) is 13.3. The van der Waals surface area contributed by atoms with E-state index < -0.39 is 11.9 Å². The van der Waals surface area contributed by atoms with Crippen LogP contribution in [0.1, 0.15) is 0 Å². The fourth-order valence-corrected chi connectivity index (χ4v) is 2.49. The van der Waals surface area contributed by atoms with Gasteiger partial charge in [-0.15, -0.1) is 0 Å². The third-order valence-corrected chi connectivity index (χ3v) is 3.72. The van der Waals surface area contributed by atoms with Crippen LogP contribution in [0.3, 0.4) is 0 Å². The normalized spacial score (nSPS) is 20.3. The molecule has 132 valence electrons. The predicted molar refractivity (Wildman–Crippen MR) is 83.5 cm³/mol. The van der Waals surface area contributed by atoms with Crippen molar-refractivity contribution in [1.82, 2.24) is 20.0 Å². The number of carboxylic acids is 2. The van der Waals surface area contributed by atoms with Crippen LogP contribution in [0.2, 0.25) is 0 Å². The molecule has 0 atom stereocenters. The van der Waals surface area contributed by atoms with Gasteiger partial charge in [0.15, 0.2) is 0 Å². The molecule has 9 heteroatoms.